The van der Waals surface area contributed by atoms with Gasteiger partial charge in [-0.3, -0.25) is 4.79 Å². The van der Waals surface area contributed by atoms with Crippen molar-refractivity contribution >= 4 is 33.7 Å². The quantitative estimate of drug-likeness (QED) is 0.743. The van der Waals surface area contributed by atoms with Crippen LogP contribution >= 0.6 is 11.8 Å². The Bertz CT molecular complexity index is 868. The maximum absolute atomic E-state index is 14.7. The molecule has 0 saturated carbocycles. The standard InChI is InChI=1S/C16H20F2N2O5S2/c1-16(2,3)19-14(21)10-7-26-8-20(10)27(23,24)11-6-5-9(17)12(13(11)18)15(22)25-4/h5-6,10H,7-8H2,1-4H3,(H,19,21). The molecule has 0 radical (unpaired) electrons. The highest BCUT2D eigenvalue weighted by Crippen LogP contribution is 2.31. The van der Waals surface area contributed by atoms with E-state index in [2.05, 4.69) is 10.1 Å². The van der Waals surface area contributed by atoms with E-state index in [4.69, 9.17) is 0 Å². The number of hydrogen-bond donors (Lipinski definition) is 1. The molecule has 1 atom stereocenters. The van der Waals surface area contributed by atoms with Gasteiger partial charge in [-0.05, 0) is 32.9 Å². The lowest BCUT2D eigenvalue weighted by Crippen LogP contribution is -2.52. The van der Waals surface area contributed by atoms with Gasteiger partial charge in [0.05, 0.1) is 13.0 Å². The number of rotatable bonds is 4. The molecule has 27 heavy (non-hydrogen) atoms. The summed E-state index contributed by atoms with van der Waals surface area (Å²) in [4.78, 5) is 23.2. The van der Waals surface area contributed by atoms with Gasteiger partial charge in [0.25, 0.3) is 0 Å². The molecule has 1 fully saturated rings. The van der Waals surface area contributed by atoms with Gasteiger partial charge in [0.2, 0.25) is 15.9 Å². The van der Waals surface area contributed by atoms with Gasteiger partial charge in [0.1, 0.15) is 22.3 Å². The summed E-state index contributed by atoms with van der Waals surface area (Å²) < 4.78 is 59.5. The highest BCUT2D eigenvalue weighted by Gasteiger charge is 2.42. The van der Waals surface area contributed by atoms with Crippen molar-refractivity contribution in [3.05, 3.63) is 29.3 Å². The van der Waals surface area contributed by atoms with Gasteiger partial charge in [-0.15, -0.1) is 11.8 Å². The van der Waals surface area contributed by atoms with Crippen LogP contribution in [-0.2, 0) is 19.6 Å². The van der Waals surface area contributed by atoms with Crippen LogP contribution in [0.4, 0.5) is 8.78 Å². The van der Waals surface area contributed by atoms with Crippen LogP contribution in [0, 0.1) is 11.6 Å². The SMILES string of the molecule is COC(=O)c1c(F)ccc(S(=O)(=O)N2CSCC2C(=O)NC(C)(C)C)c1F. The van der Waals surface area contributed by atoms with Crippen LogP contribution in [0.2, 0.25) is 0 Å². The van der Waals surface area contributed by atoms with Gasteiger partial charge < -0.3 is 10.1 Å². The number of hydrogen-bond acceptors (Lipinski definition) is 6. The van der Waals surface area contributed by atoms with Crippen molar-refractivity contribution in [1.29, 1.82) is 0 Å². The minimum Gasteiger partial charge on any atom is -0.465 e. The summed E-state index contributed by atoms with van der Waals surface area (Å²) >= 11 is 1.19. The third-order valence-electron chi connectivity index (χ3n) is 3.67. The van der Waals surface area contributed by atoms with Crippen molar-refractivity contribution in [2.75, 3.05) is 18.7 Å². The molecule has 1 aromatic carbocycles. The minimum absolute atomic E-state index is 0.0745. The second-order valence-electron chi connectivity index (χ2n) is 6.87. The van der Waals surface area contributed by atoms with E-state index in [1.54, 1.807) is 20.8 Å². The highest BCUT2D eigenvalue weighted by atomic mass is 32.2. The Morgan fingerprint density at radius 3 is 2.48 bits per heavy atom. The largest absolute Gasteiger partial charge is 0.465 e. The van der Waals surface area contributed by atoms with Gasteiger partial charge in [-0.1, -0.05) is 0 Å². The Labute approximate surface area is 160 Å². The summed E-state index contributed by atoms with van der Waals surface area (Å²) in [5.41, 5.74) is -1.68. The molecule has 0 bridgehead atoms. The molecule has 1 amide bonds. The predicted octanol–water partition coefficient (Wildman–Crippen LogP) is 1.73. The van der Waals surface area contributed by atoms with Crippen LogP contribution < -0.4 is 5.32 Å². The summed E-state index contributed by atoms with van der Waals surface area (Å²) in [5.74, 6) is -4.53. The molecule has 1 saturated heterocycles. The molecule has 7 nitrogen and oxygen atoms in total. The summed E-state index contributed by atoms with van der Waals surface area (Å²) in [6, 6.07) is 0.356. The minimum atomic E-state index is -4.50. The van der Waals surface area contributed by atoms with E-state index in [0.717, 1.165) is 17.5 Å². The maximum atomic E-state index is 14.7. The summed E-state index contributed by atoms with van der Waals surface area (Å²) in [7, 11) is -3.57. The monoisotopic (exact) mass is 422 g/mol. The highest BCUT2D eigenvalue weighted by molar-refractivity contribution is 8.00. The van der Waals surface area contributed by atoms with Crippen LogP contribution in [-0.4, -0.2) is 54.9 Å². The molecule has 1 aliphatic heterocycles. The number of halogens is 2. The second-order valence-corrected chi connectivity index (χ2v) is 9.73. The van der Waals surface area contributed by atoms with Gasteiger partial charge in [-0.25, -0.2) is 22.0 Å². The molecule has 1 aliphatic rings. The van der Waals surface area contributed by atoms with E-state index < -0.39 is 55.6 Å². The lowest BCUT2D eigenvalue weighted by molar-refractivity contribution is -0.125. The zero-order chi connectivity index (χ0) is 20.6. The normalized spacial score (nSPS) is 18.4. The molecule has 0 aromatic heterocycles. The second kappa shape index (κ2) is 7.72. The van der Waals surface area contributed by atoms with Crippen LogP contribution in [0.3, 0.4) is 0 Å². The van der Waals surface area contributed by atoms with Crippen molar-refractivity contribution in [2.45, 2.75) is 37.2 Å². The predicted molar refractivity (Wildman–Crippen MR) is 95.7 cm³/mol. The number of amides is 1. The number of sulfonamides is 1. The number of methoxy groups -OCH3 is 1. The summed E-state index contributed by atoms with van der Waals surface area (Å²) in [6.07, 6.45) is 0. The molecule has 1 heterocycles. The average Bonchev–Trinajstić information content (AvgIpc) is 3.03. The Morgan fingerprint density at radius 1 is 1.30 bits per heavy atom. The van der Waals surface area contributed by atoms with E-state index in [1.807, 2.05) is 0 Å². The Hall–Kier alpha value is -1.72. The zero-order valence-electron chi connectivity index (χ0n) is 15.2. The molecule has 11 heteroatoms. The lowest BCUT2D eigenvalue weighted by atomic mass is 10.1. The Kier molecular flexibility index (Phi) is 6.17. The van der Waals surface area contributed by atoms with E-state index >= 15 is 0 Å². The number of nitrogens with one attached hydrogen (secondary N) is 1. The number of nitrogens with zero attached hydrogens (tertiary/aromatic N) is 1. The first kappa shape index (κ1) is 21.6. The van der Waals surface area contributed by atoms with Crippen LogP contribution in [0.1, 0.15) is 31.1 Å². The summed E-state index contributed by atoms with van der Waals surface area (Å²) in [6.45, 7) is 5.23. The molecular weight excluding hydrogens is 402 g/mol. The number of benzene rings is 1. The van der Waals surface area contributed by atoms with Crippen LogP contribution in [0.5, 0.6) is 0 Å². The van der Waals surface area contributed by atoms with E-state index in [9.17, 15) is 26.8 Å². The van der Waals surface area contributed by atoms with Crippen LogP contribution in [0.25, 0.3) is 0 Å². The first-order valence-corrected chi connectivity index (χ1v) is 10.5. The average molecular weight is 422 g/mol. The van der Waals surface area contributed by atoms with Crippen LogP contribution in [0.15, 0.2) is 17.0 Å². The smallest absolute Gasteiger partial charge is 0.343 e. The fraction of sp³-hybridized carbons (Fsp3) is 0.500. The lowest BCUT2D eigenvalue weighted by Gasteiger charge is -2.27. The van der Waals surface area contributed by atoms with E-state index in [0.29, 0.717) is 6.07 Å². The first-order valence-electron chi connectivity index (χ1n) is 7.88. The molecule has 2 rings (SSSR count). The maximum Gasteiger partial charge on any atom is 0.343 e. The third kappa shape index (κ3) is 4.41. The molecular formula is C16H20F2N2O5S2. The van der Waals surface area contributed by atoms with Gasteiger partial charge in [0, 0.05) is 11.3 Å². The fourth-order valence-corrected chi connectivity index (χ4v) is 5.69. The van der Waals surface area contributed by atoms with E-state index in [-0.39, 0.29) is 11.6 Å². The first-order chi connectivity index (χ1) is 12.4. The zero-order valence-corrected chi connectivity index (χ0v) is 16.8. The van der Waals surface area contributed by atoms with E-state index in [1.165, 1.54) is 11.8 Å². The summed E-state index contributed by atoms with van der Waals surface area (Å²) in [5, 5.41) is 2.69. The Morgan fingerprint density at radius 2 is 1.93 bits per heavy atom. The molecule has 1 aromatic rings. The number of ether oxygens (including phenoxy) is 1. The van der Waals surface area contributed by atoms with Gasteiger partial charge >= 0.3 is 5.97 Å². The Balaban J connectivity index is 2.46. The van der Waals surface area contributed by atoms with Crippen molar-refractivity contribution in [1.82, 2.24) is 9.62 Å². The number of carbonyl (C=O) groups excluding carboxylic acids is 2. The van der Waals surface area contributed by atoms with Crippen molar-refractivity contribution in [3.63, 3.8) is 0 Å². The molecule has 0 spiro atoms. The topological polar surface area (TPSA) is 92.8 Å². The number of carbonyl (C=O) groups is 2. The molecule has 1 N–H and O–H groups in total. The van der Waals surface area contributed by atoms with Gasteiger partial charge in [0.15, 0.2) is 5.82 Å². The van der Waals surface area contributed by atoms with Crippen molar-refractivity contribution in [2.24, 2.45) is 0 Å². The van der Waals surface area contributed by atoms with Crippen molar-refractivity contribution < 1.29 is 31.5 Å². The van der Waals surface area contributed by atoms with Gasteiger partial charge in [-0.2, -0.15) is 4.31 Å². The van der Waals surface area contributed by atoms with Crippen molar-refractivity contribution in [3.8, 4) is 0 Å². The third-order valence-corrected chi connectivity index (χ3v) is 6.72. The molecule has 150 valence electrons. The molecule has 1 unspecified atom stereocenters. The molecule has 0 aliphatic carbocycles. The number of esters is 1. The fourth-order valence-electron chi connectivity index (χ4n) is 2.47. The number of thioether (sulfide) groups is 1.